The highest BCUT2D eigenvalue weighted by atomic mass is 79.9. The van der Waals surface area contributed by atoms with E-state index in [1.165, 1.54) is 22.0 Å². The number of halogens is 1. The lowest BCUT2D eigenvalue weighted by molar-refractivity contribution is -0.122. The monoisotopic (exact) mass is 468 g/mol. The lowest BCUT2D eigenvalue weighted by Gasteiger charge is -2.35. The van der Waals surface area contributed by atoms with Crippen LogP contribution in [0.3, 0.4) is 0 Å². The van der Waals surface area contributed by atoms with Gasteiger partial charge in [-0.25, -0.2) is 4.98 Å². The van der Waals surface area contributed by atoms with Crippen molar-refractivity contribution < 1.29 is 4.79 Å². The van der Waals surface area contributed by atoms with Crippen molar-refractivity contribution in [2.75, 3.05) is 13.1 Å². The highest BCUT2D eigenvalue weighted by Crippen LogP contribution is 2.21. The summed E-state index contributed by atoms with van der Waals surface area (Å²) < 4.78 is 2.17. The zero-order valence-corrected chi connectivity index (χ0v) is 18.6. The van der Waals surface area contributed by atoms with Crippen LogP contribution in [0.1, 0.15) is 24.5 Å². The first-order chi connectivity index (χ1) is 14.5. The van der Waals surface area contributed by atoms with Crippen molar-refractivity contribution >= 4 is 32.7 Å². The van der Waals surface area contributed by atoms with E-state index in [1.807, 2.05) is 6.07 Å². The summed E-state index contributed by atoms with van der Waals surface area (Å²) in [6.07, 6.45) is 3.43. The molecule has 0 aliphatic carbocycles. The fraction of sp³-hybridized carbons (Fsp3) is 0.348. The van der Waals surface area contributed by atoms with E-state index in [2.05, 4.69) is 62.3 Å². The van der Waals surface area contributed by atoms with Crippen molar-refractivity contribution in [3.63, 3.8) is 0 Å². The molecule has 0 spiro atoms. The van der Waals surface area contributed by atoms with Crippen LogP contribution < -0.4 is 10.9 Å². The number of nitrogens with one attached hydrogen (secondary N) is 1. The van der Waals surface area contributed by atoms with Gasteiger partial charge >= 0.3 is 0 Å². The van der Waals surface area contributed by atoms with Crippen LogP contribution in [-0.4, -0.2) is 39.5 Å². The maximum absolute atomic E-state index is 12.7. The zero-order chi connectivity index (χ0) is 21.1. The molecule has 1 aliphatic rings. The molecule has 1 aliphatic heterocycles. The predicted molar refractivity (Wildman–Crippen MR) is 121 cm³/mol. The van der Waals surface area contributed by atoms with Crippen LogP contribution in [0, 0.1) is 0 Å². The summed E-state index contributed by atoms with van der Waals surface area (Å²) in [5, 5.41) is 3.51. The van der Waals surface area contributed by atoms with Gasteiger partial charge in [0, 0.05) is 30.1 Å². The van der Waals surface area contributed by atoms with E-state index in [9.17, 15) is 9.59 Å². The maximum Gasteiger partial charge on any atom is 0.261 e. The van der Waals surface area contributed by atoms with Crippen molar-refractivity contribution in [2.24, 2.45) is 0 Å². The average molecular weight is 469 g/mol. The number of aromatic nitrogens is 2. The number of nitrogens with zero attached hydrogens (tertiary/aromatic N) is 3. The van der Waals surface area contributed by atoms with Crippen LogP contribution in [-0.2, 0) is 24.3 Å². The molecule has 1 amide bonds. The number of hydrogen-bond acceptors (Lipinski definition) is 4. The second-order valence-electron chi connectivity index (χ2n) is 7.69. The quantitative estimate of drug-likeness (QED) is 0.603. The molecular weight excluding hydrogens is 444 g/mol. The van der Waals surface area contributed by atoms with Gasteiger partial charge in [0.05, 0.1) is 17.2 Å². The summed E-state index contributed by atoms with van der Waals surface area (Å²) in [5.41, 5.74) is 3.20. The van der Waals surface area contributed by atoms with Gasteiger partial charge in [0.1, 0.15) is 6.54 Å². The van der Waals surface area contributed by atoms with Gasteiger partial charge in [0.25, 0.3) is 5.56 Å². The smallest absolute Gasteiger partial charge is 0.261 e. The second kappa shape index (κ2) is 9.10. The highest BCUT2D eigenvalue weighted by molar-refractivity contribution is 9.10. The molecule has 1 aromatic heterocycles. The van der Waals surface area contributed by atoms with Crippen LogP contribution in [0.2, 0.25) is 0 Å². The Labute approximate surface area is 184 Å². The van der Waals surface area contributed by atoms with E-state index in [1.54, 1.807) is 12.1 Å². The number of amides is 1. The molecule has 0 radical (unpaired) electrons. The largest absolute Gasteiger partial charge is 0.353 e. The fourth-order valence-corrected chi connectivity index (χ4v) is 4.41. The summed E-state index contributed by atoms with van der Waals surface area (Å²) in [5.74, 6) is -0.177. The van der Waals surface area contributed by atoms with E-state index >= 15 is 0 Å². The number of hydrogen-bond donors (Lipinski definition) is 1. The number of rotatable bonds is 6. The van der Waals surface area contributed by atoms with Crippen molar-refractivity contribution in [3.8, 4) is 0 Å². The summed E-state index contributed by atoms with van der Waals surface area (Å²) >= 11 is 3.38. The van der Waals surface area contributed by atoms with Crippen LogP contribution in [0.25, 0.3) is 10.9 Å². The van der Waals surface area contributed by atoms with Gasteiger partial charge in [-0.3, -0.25) is 19.1 Å². The first kappa shape index (κ1) is 20.8. The van der Waals surface area contributed by atoms with Gasteiger partial charge in [-0.15, -0.1) is 0 Å². The molecule has 4 rings (SSSR count). The number of fused-ring (bicyclic) bond motifs is 2. The minimum absolute atomic E-state index is 0.0342. The van der Waals surface area contributed by atoms with Crippen LogP contribution in [0.4, 0.5) is 0 Å². The SMILES string of the molecule is CCC(CNC(=O)Cn1cnc2ccc(Br)cc2c1=O)N1CCc2ccccc2C1. The van der Waals surface area contributed by atoms with E-state index in [-0.39, 0.29) is 24.1 Å². The van der Waals surface area contributed by atoms with Gasteiger partial charge in [-0.1, -0.05) is 47.1 Å². The molecular formula is C23H25BrN4O2. The molecule has 30 heavy (non-hydrogen) atoms. The summed E-state index contributed by atoms with van der Waals surface area (Å²) in [6.45, 7) is 4.58. The molecule has 1 N–H and O–H groups in total. The van der Waals surface area contributed by atoms with Crippen LogP contribution >= 0.6 is 15.9 Å². The Hall–Kier alpha value is -2.51. The molecule has 2 heterocycles. The molecule has 7 heteroatoms. The van der Waals surface area contributed by atoms with Gasteiger partial charge in [0.2, 0.25) is 5.91 Å². The van der Waals surface area contributed by atoms with E-state index in [0.717, 1.165) is 30.4 Å². The predicted octanol–water partition coefficient (Wildman–Crippen LogP) is 3.11. The zero-order valence-electron chi connectivity index (χ0n) is 17.0. The third kappa shape index (κ3) is 4.47. The third-order valence-electron chi connectivity index (χ3n) is 5.78. The normalized spacial score (nSPS) is 15.0. The van der Waals surface area contributed by atoms with Gasteiger partial charge in [0.15, 0.2) is 0 Å². The minimum Gasteiger partial charge on any atom is -0.353 e. The Kier molecular flexibility index (Phi) is 6.29. The van der Waals surface area contributed by atoms with Crippen LogP contribution in [0.15, 0.2) is 58.1 Å². The Morgan fingerprint density at radius 1 is 1.23 bits per heavy atom. The molecule has 1 unspecified atom stereocenters. The van der Waals surface area contributed by atoms with Gasteiger partial charge in [-0.05, 0) is 42.2 Å². The average Bonchev–Trinajstić information content (AvgIpc) is 2.76. The van der Waals surface area contributed by atoms with Crippen molar-refractivity contribution in [3.05, 3.63) is 74.7 Å². The van der Waals surface area contributed by atoms with Gasteiger partial charge in [-0.2, -0.15) is 0 Å². The van der Waals surface area contributed by atoms with Crippen LogP contribution in [0.5, 0.6) is 0 Å². The Balaban J connectivity index is 1.39. The molecule has 2 aromatic carbocycles. The molecule has 0 saturated heterocycles. The summed E-state index contributed by atoms with van der Waals surface area (Å²) in [7, 11) is 0. The minimum atomic E-state index is -0.212. The van der Waals surface area contributed by atoms with Crippen molar-refractivity contribution in [1.82, 2.24) is 19.8 Å². The molecule has 156 valence electrons. The molecule has 0 bridgehead atoms. The highest BCUT2D eigenvalue weighted by Gasteiger charge is 2.22. The molecule has 1 atom stereocenters. The summed E-state index contributed by atoms with van der Waals surface area (Å²) in [4.78, 5) is 32.0. The maximum atomic E-state index is 12.7. The molecule has 0 saturated carbocycles. The topological polar surface area (TPSA) is 67.2 Å². The van der Waals surface area contributed by atoms with Gasteiger partial charge < -0.3 is 5.32 Å². The number of benzene rings is 2. The Bertz CT molecular complexity index is 1130. The first-order valence-corrected chi connectivity index (χ1v) is 11.1. The summed E-state index contributed by atoms with van der Waals surface area (Å²) in [6, 6.07) is 14.2. The van der Waals surface area contributed by atoms with E-state index < -0.39 is 0 Å². The lowest BCUT2D eigenvalue weighted by atomic mass is 9.98. The molecule has 6 nitrogen and oxygen atoms in total. The number of carbonyl (C=O) groups excluding carboxylic acids is 1. The standard InChI is InChI=1S/C23H25BrN4O2/c1-2-19(27-10-9-16-5-3-4-6-17(16)13-27)12-25-22(29)14-28-15-26-21-8-7-18(24)11-20(21)23(28)30/h3-8,11,15,19H,2,9-10,12-14H2,1H3,(H,25,29). The molecule has 0 fully saturated rings. The Morgan fingerprint density at radius 3 is 2.83 bits per heavy atom. The first-order valence-electron chi connectivity index (χ1n) is 10.3. The third-order valence-corrected chi connectivity index (χ3v) is 6.28. The number of carbonyl (C=O) groups is 1. The van der Waals surface area contributed by atoms with E-state index in [0.29, 0.717) is 17.4 Å². The fourth-order valence-electron chi connectivity index (χ4n) is 4.05. The molecule has 3 aromatic rings. The Morgan fingerprint density at radius 2 is 2.03 bits per heavy atom. The second-order valence-corrected chi connectivity index (χ2v) is 8.61. The lowest BCUT2D eigenvalue weighted by Crippen LogP contribution is -2.46. The van der Waals surface area contributed by atoms with E-state index in [4.69, 9.17) is 0 Å². The van der Waals surface area contributed by atoms with Crippen molar-refractivity contribution in [1.29, 1.82) is 0 Å². The van der Waals surface area contributed by atoms with Crippen molar-refractivity contribution in [2.45, 2.75) is 38.9 Å².